The summed E-state index contributed by atoms with van der Waals surface area (Å²) in [5.74, 6) is 0.106. The Morgan fingerprint density at radius 2 is 1.93 bits per heavy atom. The molecule has 4 heteroatoms. The van der Waals surface area contributed by atoms with Crippen molar-refractivity contribution in [3.8, 4) is 17.3 Å². The minimum Gasteiger partial charge on any atom is -0.506 e. The lowest BCUT2D eigenvalue weighted by molar-refractivity contribution is 0.424. The summed E-state index contributed by atoms with van der Waals surface area (Å²) >= 11 is 0. The van der Waals surface area contributed by atoms with Gasteiger partial charge in [-0.15, -0.1) is 0 Å². The second-order valence-corrected chi connectivity index (χ2v) is 3.04. The fraction of sp³-hybridized carbons (Fsp3) is 0.100. The Kier molecular flexibility index (Phi) is 1.89. The topological polar surface area (TPSA) is 58.3 Å². The summed E-state index contributed by atoms with van der Waals surface area (Å²) in [4.78, 5) is 0. The number of hydrogen-bond donors (Lipinski definition) is 2. The van der Waals surface area contributed by atoms with Gasteiger partial charge in [0, 0.05) is 6.07 Å². The number of nitrogens with zero attached hydrogens (tertiary/aromatic N) is 2. The maximum absolute atomic E-state index is 9.53. The normalized spacial score (nSPS) is 10.4. The first kappa shape index (κ1) is 8.62. The van der Waals surface area contributed by atoms with E-state index in [0.717, 1.165) is 0 Å². The van der Waals surface area contributed by atoms with Crippen LogP contribution in [-0.4, -0.2) is 20.0 Å². The molecule has 1 heterocycles. The van der Waals surface area contributed by atoms with Gasteiger partial charge in [-0.1, -0.05) is 12.1 Å². The largest absolute Gasteiger partial charge is 0.506 e. The van der Waals surface area contributed by atoms with E-state index < -0.39 is 0 Å². The van der Waals surface area contributed by atoms with Crippen LogP contribution in [0.15, 0.2) is 30.3 Å². The molecule has 0 fully saturated rings. The molecule has 2 aromatic rings. The van der Waals surface area contributed by atoms with E-state index in [-0.39, 0.29) is 11.6 Å². The van der Waals surface area contributed by atoms with Crippen LogP contribution < -0.4 is 0 Å². The van der Waals surface area contributed by atoms with Crippen LogP contribution in [0, 0.1) is 6.92 Å². The van der Waals surface area contributed by atoms with Crippen LogP contribution in [0.1, 0.15) is 5.69 Å². The van der Waals surface area contributed by atoms with Gasteiger partial charge < -0.3 is 10.2 Å². The van der Waals surface area contributed by atoms with Gasteiger partial charge in [0.15, 0.2) is 0 Å². The van der Waals surface area contributed by atoms with Crippen molar-refractivity contribution in [2.45, 2.75) is 6.92 Å². The average Bonchev–Trinajstić information content (AvgIpc) is 2.46. The highest BCUT2D eigenvalue weighted by molar-refractivity contribution is 5.46. The van der Waals surface area contributed by atoms with E-state index in [0.29, 0.717) is 11.4 Å². The second kappa shape index (κ2) is 3.06. The molecule has 0 unspecified atom stereocenters. The van der Waals surface area contributed by atoms with Crippen LogP contribution in [0.4, 0.5) is 0 Å². The minimum absolute atomic E-state index is 0.0176. The van der Waals surface area contributed by atoms with Gasteiger partial charge in [-0.25, -0.2) is 0 Å². The summed E-state index contributed by atoms with van der Waals surface area (Å²) < 4.78 is 1.30. The van der Waals surface area contributed by atoms with Gasteiger partial charge >= 0.3 is 0 Å². The number of hydrogen-bond acceptors (Lipinski definition) is 3. The molecular formula is C10H10N2O2. The molecule has 0 aliphatic rings. The van der Waals surface area contributed by atoms with E-state index in [9.17, 15) is 10.2 Å². The molecular weight excluding hydrogens is 180 g/mol. The van der Waals surface area contributed by atoms with Gasteiger partial charge in [0.25, 0.3) is 0 Å². The molecule has 0 saturated heterocycles. The number of aromatic hydroxyl groups is 2. The first-order valence-electron chi connectivity index (χ1n) is 4.22. The van der Waals surface area contributed by atoms with Crippen molar-refractivity contribution in [1.82, 2.24) is 9.78 Å². The molecule has 0 aliphatic carbocycles. The molecule has 4 nitrogen and oxygen atoms in total. The molecule has 0 amide bonds. The molecule has 0 aliphatic heterocycles. The lowest BCUT2D eigenvalue weighted by atomic mass is 10.3. The predicted octanol–water partition coefficient (Wildman–Crippen LogP) is 1.59. The lowest BCUT2D eigenvalue weighted by Crippen LogP contribution is -1.96. The van der Waals surface area contributed by atoms with Crippen LogP contribution in [0.2, 0.25) is 0 Å². The van der Waals surface area contributed by atoms with Crippen LogP contribution in [0.25, 0.3) is 5.69 Å². The third kappa shape index (κ3) is 1.31. The Balaban J connectivity index is 2.60. The number of benzene rings is 1. The number of aryl methyl sites for hydroxylation is 1. The Hall–Kier alpha value is -1.97. The van der Waals surface area contributed by atoms with E-state index in [2.05, 4.69) is 5.10 Å². The molecule has 2 rings (SSSR count). The van der Waals surface area contributed by atoms with Crippen LogP contribution in [0.5, 0.6) is 11.6 Å². The van der Waals surface area contributed by atoms with Gasteiger partial charge in [0.1, 0.15) is 11.4 Å². The van der Waals surface area contributed by atoms with E-state index >= 15 is 0 Å². The lowest BCUT2D eigenvalue weighted by Gasteiger charge is -2.04. The number of para-hydroxylation sites is 2. The molecule has 1 aromatic carbocycles. The van der Waals surface area contributed by atoms with Crippen molar-refractivity contribution >= 4 is 0 Å². The second-order valence-electron chi connectivity index (χ2n) is 3.04. The van der Waals surface area contributed by atoms with Crippen molar-refractivity contribution in [1.29, 1.82) is 0 Å². The fourth-order valence-electron chi connectivity index (χ4n) is 1.31. The van der Waals surface area contributed by atoms with Crippen LogP contribution in [-0.2, 0) is 0 Å². The Bertz CT molecular complexity index is 463. The maximum atomic E-state index is 9.53. The average molecular weight is 190 g/mol. The van der Waals surface area contributed by atoms with Crippen molar-refractivity contribution in [2.75, 3.05) is 0 Å². The minimum atomic E-state index is 0.0176. The van der Waals surface area contributed by atoms with Crippen molar-refractivity contribution < 1.29 is 10.2 Å². The summed E-state index contributed by atoms with van der Waals surface area (Å²) in [6.45, 7) is 1.77. The summed E-state index contributed by atoms with van der Waals surface area (Å²) in [6.07, 6.45) is 0. The highest BCUT2D eigenvalue weighted by atomic mass is 16.3. The first-order chi connectivity index (χ1) is 6.68. The van der Waals surface area contributed by atoms with Crippen molar-refractivity contribution in [3.05, 3.63) is 36.0 Å². The van der Waals surface area contributed by atoms with Crippen LogP contribution in [0.3, 0.4) is 0 Å². The Morgan fingerprint density at radius 1 is 1.21 bits per heavy atom. The van der Waals surface area contributed by atoms with Crippen molar-refractivity contribution in [2.24, 2.45) is 0 Å². The number of aromatic nitrogens is 2. The number of rotatable bonds is 1. The molecule has 0 atom stereocenters. The molecule has 72 valence electrons. The molecule has 0 bridgehead atoms. The zero-order chi connectivity index (χ0) is 10.1. The van der Waals surface area contributed by atoms with Crippen molar-refractivity contribution in [3.63, 3.8) is 0 Å². The molecule has 2 N–H and O–H groups in total. The van der Waals surface area contributed by atoms with Gasteiger partial charge in [-0.2, -0.15) is 9.78 Å². The van der Waals surface area contributed by atoms with E-state index in [1.807, 2.05) is 0 Å². The number of phenolic OH excluding ortho intramolecular Hbond substituents is 1. The smallest absolute Gasteiger partial charge is 0.214 e. The summed E-state index contributed by atoms with van der Waals surface area (Å²) in [7, 11) is 0. The van der Waals surface area contributed by atoms with Gasteiger partial charge in [0.05, 0.1) is 5.69 Å². The molecule has 1 aromatic heterocycles. The summed E-state index contributed by atoms with van der Waals surface area (Å²) in [5.41, 5.74) is 1.17. The molecule has 0 radical (unpaired) electrons. The first-order valence-corrected chi connectivity index (χ1v) is 4.22. The molecule has 14 heavy (non-hydrogen) atoms. The van der Waals surface area contributed by atoms with E-state index in [1.54, 1.807) is 31.2 Å². The highest BCUT2D eigenvalue weighted by Gasteiger charge is 2.08. The SMILES string of the molecule is Cc1cc(O)n(-c2ccccc2O)n1. The standard InChI is InChI=1S/C10H10N2O2/c1-7-6-10(14)12(11-7)8-4-2-3-5-9(8)13/h2-6,13-14H,1H3. The van der Waals surface area contributed by atoms with Crippen LogP contribution >= 0.6 is 0 Å². The Labute approximate surface area is 81.0 Å². The van der Waals surface area contributed by atoms with E-state index in [4.69, 9.17) is 0 Å². The zero-order valence-corrected chi connectivity index (χ0v) is 7.68. The zero-order valence-electron chi connectivity index (χ0n) is 7.68. The van der Waals surface area contributed by atoms with Gasteiger partial charge in [-0.05, 0) is 19.1 Å². The maximum Gasteiger partial charge on any atom is 0.214 e. The summed E-state index contributed by atoms with van der Waals surface area (Å²) in [5, 5.41) is 23.1. The highest BCUT2D eigenvalue weighted by Crippen LogP contribution is 2.24. The summed E-state index contributed by atoms with van der Waals surface area (Å²) in [6, 6.07) is 8.25. The third-order valence-corrected chi connectivity index (χ3v) is 1.92. The monoisotopic (exact) mass is 190 g/mol. The molecule has 0 spiro atoms. The Morgan fingerprint density at radius 3 is 2.50 bits per heavy atom. The third-order valence-electron chi connectivity index (χ3n) is 1.92. The quantitative estimate of drug-likeness (QED) is 0.718. The molecule has 0 saturated carbocycles. The fourth-order valence-corrected chi connectivity index (χ4v) is 1.31. The number of phenols is 1. The predicted molar refractivity (Wildman–Crippen MR) is 51.6 cm³/mol. The van der Waals surface area contributed by atoms with Gasteiger partial charge in [0.2, 0.25) is 5.88 Å². The van der Waals surface area contributed by atoms with Gasteiger partial charge in [-0.3, -0.25) is 0 Å². The van der Waals surface area contributed by atoms with E-state index in [1.165, 1.54) is 10.7 Å².